The Morgan fingerprint density at radius 1 is 1.38 bits per heavy atom. The third-order valence-corrected chi connectivity index (χ3v) is 3.27. The van der Waals surface area contributed by atoms with E-state index in [0.29, 0.717) is 19.7 Å². The van der Waals surface area contributed by atoms with Crippen molar-refractivity contribution in [2.24, 2.45) is 0 Å². The van der Waals surface area contributed by atoms with Gasteiger partial charge < -0.3 is 20.1 Å². The van der Waals surface area contributed by atoms with Gasteiger partial charge in [-0.3, -0.25) is 0 Å². The Bertz CT molecular complexity index is 537. The first-order chi connectivity index (χ1) is 9.90. The Balaban J connectivity index is 3.01. The third kappa shape index (κ3) is 4.77. The summed E-state index contributed by atoms with van der Waals surface area (Å²) < 4.78 is 4.92. The van der Waals surface area contributed by atoms with Gasteiger partial charge in [0.05, 0.1) is 22.9 Å². The van der Waals surface area contributed by atoms with Crippen LogP contribution in [0.25, 0.3) is 0 Å². The average molecular weight is 335 g/mol. The molecule has 0 fully saturated rings. The number of carbonyl (C=O) groups excluding carboxylic acids is 1. The quantitative estimate of drug-likeness (QED) is 0.837. The molecule has 1 aromatic rings. The molecule has 0 aliphatic rings. The van der Waals surface area contributed by atoms with E-state index in [9.17, 15) is 9.59 Å². The molecule has 0 spiro atoms. The number of hydrogen-bond acceptors (Lipinski definition) is 3. The Morgan fingerprint density at radius 2 is 2.05 bits per heavy atom. The fraction of sp³-hybridized carbons (Fsp3) is 0.385. The zero-order chi connectivity index (χ0) is 16.0. The van der Waals surface area contributed by atoms with Gasteiger partial charge in [-0.15, -0.1) is 0 Å². The SMILES string of the molecule is CCN(CCOC)C(=O)Nc1c(Cl)cc(Cl)cc1C(=O)O. The van der Waals surface area contributed by atoms with Gasteiger partial charge in [0.25, 0.3) is 0 Å². The van der Waals surface area contributed by atoms with Gasteiger partial charge in [0, 0.05) is 25.2 Å². The van der Waals surface area contributed by atoms with Gasteiger partial charge in [-0.1, -0.05) is 23.2 Å². The second-order valence-electron chi connectivity index (χ2n) is 4.12. The molecular weight excluding hydrogens is 319 g/mol. The summed E-state index contributed by atoms with van der Waals surface area (Å²) in [5, 5.41) is 11.9. The van der Waals surface area contributed by atoms with Crippen LogP contribution >= 0.6 is 23.2 Å². The highest BCUT2D eigenvalue weighted by atomic mass is 35.5. The van der Waals surface area contributed by atoms with Crippen molar-refractivity contribution in [3.63, 3.8) is 0 Å². The van der Waals surface area contributed by atoms with Crippen molar-refractivity contribution in [3.05, 3.63) is 27.7 Å². The van der Waals surface area contributed by atoms with Gasteiger partial charge in [0.15, 0.2) is 0 Å². The Kier molecular flexibility index (Phi) is 6.74. The Morgan fingerprint density at radius 3 is 2.57 bits per heavy atom. The van der Waals surface area contributed by atoms with Crippen molar-refractivity contribution >= 4 is 40.9 Å². The number of halogens is 2. The van der Waals surface area contributed by atoms with E-state index in [2.05, 4.69) is 5.32 Å². The zero-order valence-electron chi connectivity index (χ0n) is 11.7. The number of nitrogens with zero attached hydrogens (tertiary/aromatic N) is 1. The van der Waals surface area contributed by atoms with Crippen LogP contribution in [0.4, 0.5) is 10.5 Å². The highest BCUT2D eigenvalue weighted by molar-refractivity contribution is 6.37. The minimum Gasteiger partial charge on any atom is -0.478 e. The molecule has 116 valence electrons. The summed E-state index contributed by atoms with van der Waals surface area (Å²) in [4.78, 5) is 24.8. The molecule has 0 aliphatic heterocycles. The first kappa shape index (κ1) is 17.6. The molecule has 0 radical (unpaired) electrons. The molecule has 1 rings (SSSR count). The molecule has 1 aromatic carbocycles. The predicted octanol–water partition coefficient (Wildman–Crippen LogP) is 3.19. The summed E-state index contributed by atoms with van der Waals surface area (Å²) in [7, 11) is 1.53. The lowest BCUT2D eigenvalue weighted by atomic mass is 10.2. The van der Waals surface area contributed by atoms with Crippen LogP contribution in [0, 0.1) is 0 Å². The lowest BCUT2D eigenvalue weighted by molar-refractivity contribution is 0.0698. The number of urea groups is 1. The summed E-state index contributed by atoms with van der Waals surface area (Å²) in [6.07, 6.45) is 0. The average Bonchev–Trinajstić information content (AvgIpc) is 2.42. The van der Waals surface area contributed by atoms with Gasteiger partial charge in [-0.05, 0) is 19.1 Å². The summed E-state index contributed by atoms with van der Waals surface area (Å²) in [5.41, 5.74) is -0.141. The Hall–Kier alpha value is -1.50. The van der Waals surface area contributed by atoms with Gasteiger partial charge in [-0.2, -0.15) is 0 Å². The summed E-state index contributed by atoms with van der Waals surface area (Å²) in [6, 6.07) is 2.15. The number of amides is 2. The summed E-state index contributed by atoms with van der Waals surface area (Å²) in [6.45, 7) is 3.01. The number of methoxy groups -OCH3 is 1. The van der Waals surface area contributed by atoms with E-state index in [4.69, 9.17) is 33.0 Å². The zero-order valence-corrected chi connectivity index (χ0v) is 13.2. The second kappa shape index (κ2) is 8.07. The van der Waals surface area contributed by atoms with Gasteiger partial charge >= 0.3 is 12.0 Å². The molecule has 2 N–H and O–H groups in total. The van der Waals surface area contributed by atoms with Crippen molar-refractivity contribution in [1.29, 1.82) is 0 Å². The second-order valence-corrected chi connectivity index (χ2v) is 4.96. The monoisotopic (exact) mass is 334 g/mol. The maximum absolute atomic E-state index is 12.1. The number of carboxylic acids is 1. The van der Waals surface area contributed by atoms with Crippen LogP contribution in [-0.4, -0.2) is 48.8 Å². The Labute approximate surface area is 132 Å². The number of ether oxygens (including phenoxy) is 1. The topological polar surface area (TPSA) is 78.9 Å². The van der Waals surface area contributed by atoms with E-state index >= 15 is 0 Å². The molecule has 0 heterocycles. The van der Waals surface area contributed by atoms with Crippen LogP contribution < -0.4 is 5.32 Å². The molecule has 0 atom stereocenters. The molecule has 0 bridgehead atoms. The van der Waals surface area contributed by atoms with E-state index in [1.165, 1.54) is 24.1 Å². The van der Waals surface area contributed by atoms with Gasteiger partial charge in [0.1, 0.15) is 0 Å². The van der Waals surface area contributed by atoms with E-state index in [0.717, 1.165) is 0 Å². The maximum Gasteiger partial charge on any atom is 0.337 e. The largest absolute Gasteiger partial charge is 0.478 e. The highest BCUT2D eigenvalue weighted by Crippen LogP contribution is 2.30. The number of carboxylic acid groups (broad SMARTS) is 1. The van der Waals surface area contributed by atoms with E-state index in [1.807, 2.05) is 0 Å². The van der Waals surface area contributed by atoms with Crippen LogP contribution in [0.2, 0.25) is 10.0 Å². The lowest BCUT2D eigenvalue weighted by Gasteiger charge is -2.22. The van der Waals surface area contributed by atoms with Crippen LogP contribution in [0.5, 0.6) is 0 Å². The van der Waals surface area contributed by atoms with Crippen LogP contribution in [0.3, 0.4) is 0 Å². The molecule has 21 heavy (non-hydrogen) atoms. The van der Waals surface area contributed by atoms with Crippen molar-refractivity contribution in [1.82, 2.24) is 4.90 Å². The molecule has 0 aromatic heterocycles. The van der Waals surface area contributed by atoms with E-state index in [-0.39, 0.29) is 21.3 Å². The molecule has 0 saturated heterocycles. The number of anilines is 1. The summed E-state index contributed by atoms with van der Waals surface area (Å²) in [5.74, 6) is -1.23. The van der Waals surface area contributed by atoms with Crippen LogP contribution in [-0.2, 0) is 4.74 Å². The molecular formula is C13H16Cl2N2O4. The standard InChI is InChI=1S/C13H16Cl2N2O4/c1-3-17(4-5-21-2)13(20)16-11-9(12(18)19)6-8(14)7-10(11)15/h6-7H,3-5H2,1-2H3,(H,16,20)(H,18,19). The molecule has 0 aliphatic carbocycles. The maximum atomic E-state index is 12.1. The first-order valence-electron chi connectivity index (χ1n) is 6.17. The minimum absolute atomic E-state index is 0.0226. The normalized spacial score (nSPS) is 10.3. The van der Waals surface area contributed by atoms with Gasteiger partial charge in [0.2, 0.25) is 0 Å². The lowest BCUT2D eigenvalue weighted by Crippen LogP contribution is -2.37. The number of nitrogens with one attached hydrogen (secondary N) is 1. The number of carbonyl (C=O) groups is 2. The molecule has 0 unspecified atom stereocenters. The first-order valence-corrected chi connectivity index (χ1v) is 6.93. The minimum atomic E-state index is -1.23. The van der Waals surface area contributed by atoms with Crippen LogP contribution in [0.15, 0.2) is 12.1 Å². The molecule has 0 saturated carbocycles. The summed E-state index contributed by atoms with van der Waals surface area (Å²) >= 11 is 11.7. The molecule has 6 nitrogen and oxygen atoms in total. The smallest absolute Gasteiger partial charge is 0.337 e. The number of benzene rings is 1. The molecule has 8 heteroatoms. The highest BCUT2D eigenvalue weighted by Gasteiger charge is 2.19. The van der Waals surface area contributed by atoms with Crippen molar-refractivity contribution in [2.75, 3.05) is 32.1 Å². The predicted molar refractivity (Wildman–Crippen MR) is 81.6 cm³/mol. The van der Waals surface area contributed by atoms with Crippen molar-refractivity contribution in [3.8, 4) is 0 Å². The number of rotatable bonds is 6. The fourth-order valence-electron chi connectivity index (χ4n) is 1.66. The van der Waals surface area contributed by atoms with Crippen LogP contribution in [0.1, 0.15) is 17.3 Å². The van der Waals surface area contributed by atoms with Crippen molar-refractivity contribution < 1.29 is 19.4 Å². The van der Waals surface area contributed by atoms with E-state index < -0.39 is 12.0 Å². The van der Waals surface area contributed by atoms with E-state index in [1.54, 1.807) is 6.92 Å². The number of likely N-dealkylation sites (N-methyl/N-ethyl adjacent to an activating group) is 1. The van der Waals surface area contributed by atoms with Gasteiger partial charge in [-0.25, -0.2) is 9.59 Å². The number of hydrogen-bond donors (Lipinski definition) is 2. The van der Waals surface area contributed by atoms with Crippen molar-refractivity contribution in [2.45, 2.75) is 6.92 Å². The third-order valence-electron chi connectivity index (χ3n) is 2.75. The number of aromatic carboxylic acids is 1. The molecule has 2 amide bonds. The fourth-order valence-corrected chi connectivity index (χ4v) is 2.20.